The molecule has 36 heavy (non-hydrogen) atoms. The Morgan fingerprint density at radius 2 is 1.61 bits per heavy atom. The summed E-state index contributed by atoms with van der Waals surface area (Å²) in [5.41, 5.74) is 1.72. The summed E-state index contributed by atoms with van der Waals surface area (Å²) in [5.74, 6) is 0.726. The summed E-state index contributed by atoms with van der Waals surface area (Å²) in [4.78, 5) is 28.5. The van der Waals surface area contributed by atoms with E-state index in [1.807, 2.05) is 48.5 Å². The molecule has 6 nitrogen and oxygen atoms in total. The highest BCUT2D eigenvalue weighted by Crippen LogP contribution is 2.21. The van der Waals surface area contributed by atoms with Crippen LogP contribution < -0.4 is 14.8 Å². The summed E-state index contributed by atoms with van der Waals surface area (Å²) in [6, 6.07) is 23.3. The maximum atomic E-state index is 13.6. The van der Waals surface area contributed by atoms with Crippen LogP contribution in [0.3, 0.4) is 0 Å². The lowest BCUT2D eigenvalue weighted by molar-refractivity contribution is -0.142. The molecule has 0 saturated heterocycles. The second-order valence-electron chi connectivity index (χ2n) is 8.43. The molecule has 0 bridgehead atoms. The van der Waals surface area contributed by atoms with Crippen LogP contribution in [0.1, 0.15) is 30.9 Å². The average molecular weight is 509 g/mol. The van der Waals surface area contributed by atoms with E-state index in [1.54, 1.807) is 42.3 Å². The Bertz CT molecular complexity index is 1110. The molecule has 7 heteroatoms. The highest BCUT2D eigenvalue weighted by atomic mass is 35.5. The van der Waals surface area contributed by atoms with Gasteiger partial charge in [-0.3, -0.25) is 9.59 Å². The van der Waals surface area contributed by atoms with Crippen molar-refractivity contribution >= 4 is 23.4 Å². The van der Waals surface area contributed by atoms with E-state index in [-0.39, 0.29) is 25.0 Å². The third-order valence-corrected chi connectivity index (χ3v) is 6.19. The zero-order chi connectivity index (χ0) is 25.8. The molecule has 0 heterocycles. The van der Waals surface area contributed by atoms with E-state index in [2.05, 4.69) is 12.2 Å². The summed E-state index contributed by atoms with van der Waals surface area (Å²) in [6.07, 6.45) is 2.20. The largest absolute Gasteiger partial charge is 0.497 e. The summed E-state index contributed by atoms with van der Waals surface area (Å²) in [6.45, 7) is 2.59. The van der Waals surface area contributed by atoms with Gasteiger partial charge in [-0.05, 0) is 47.9 Å². The third kappa shape index (κ3) is 8.02. The van der Waals surface area contributed by atoms with Gasteiger partial charge in [0, 0.05) is 24.5 Å². The Balaban J connectivity index is 1.87. The van der Waals surface area contributed by atoms with E-state index in [4.69, 9.17) is 21.1 Å². The Morgan fingerprint density at radius 1 is 0.944 bits per heavy atom. The molecule has 0 aliphatic rings. The predicted molar refractivity (Wildman–Crippen MR) is 142 cm³/mol. The number of carbonyl (C=O) groups excluding carboxylic acids is 2. The van der Waals surface area contributed by atoms with Gasteiger partial charge in [0.2, 0.25) is 5.91 Å². The molecule has 0 fully saturated rings. The van der Waals surface area contributed by atoms with Crippen molar-refractivity contribution < 1.29 is 19.1 Å². The normalized spacial score (nSPS) is 11.4. The standard InChI is InChI=1S/C29H33ClN2O4/c1-3-4-18-31-29(34)27(19-22-10-6-5-7-11-22)32(20-23-12-8-9-13-26(23)30)28(33)21-36-25-16-14-24(35-2)15-17-25/h5-17,27H,3-4,18-21H2,1-2H3,(H,31,34)/t27-/m1/s1. The van der Waals surface area contributed by atoms with Gasteiger partial charge in [-0.25, -0.2) is 0 Å². The number of hydrogen-bond donors (Lipinski definition) is 1. The average Bonchev–Trinajstić information content (AvgIpc) is 2.91. The number of amides is 2. The number of hydrogen-bond acceptors (Lipinski definition) is 4. The summed E-state index contributed by atoms with van der Waals surface area (Å²) >= 11 is 6.44. The predicted octanol–water partition coefficient (Wildman–Crippen LogP) is 5.28. The van der Waals surface area contributed by atoms with Gasteiger partial charge in [0.25, 0.3) is 5.91 Å². The van der Waals surface area contributed by atoms with E-state index in [1.165, 1.54) is 0 Å². The number of nitrogens with one attached hydrogen (secondary N) is 1. The molecule has 0 radical (unpaired) electrons. The quantitative estimate of drug-likeness (QED) is 0.319. The molecule has 0 spiro atoms. The minimum absolute atomic E-state index is 0.184. The molecule has 0 saturated carbocycles. The Hall–Kier alpha value is -3.51. The number of benzene rings is 3. The van der Waals surface area contributed by atoms with E-state index < -0.39 is 6.04 Å². The second kappa shape index (κ2) is 14.1. The molecule has 0 aliphatic heterocycles. The Morgan fingerprint density at radius 3 is 2.28 bits per heavy atom. The lowest BCUT2D eigenvalue weighted by Gasteiger charge is -2.31. The van der Waals surface area contributed by atoms with Gasteiger partial charge in [-0.2, -0.15) is 0 Å². The van der Waals surface area contributed by atoms with Crippen molar-refractivity contribution in [2.24, 2.45) is 0 Å². The first-order valence-corrected chi connectivity index (χ1v) is 12.5. The van der Waals surface area contributed by atoms with Gasteiger partial charge in [0.05, 0.1) is 7.11 Å². The van der Waals surface area contributed by atoms with Crippen molar-refractivity contribution in [2.75, 3.05) is 20.3 Å². The fraction of sp³-hybridized carbons (Fsp3) is 0.310. The first-order chi connectivity index (χ1) is 17.5. The Labute approximate surface area is 218 Å². The Kier molecular flexibility index (Phi) is 10.6. The van der Waals surface area contributed by atoms with Crippen molar-refractivity contribution in [3.8, 4) is 11.5 Å². The molecular weight excluding hydrogens is 476 g/mol. The van der Waals surface area contributed by atoms with Gasteiger partial charge in [-0.15, -0.1) is 0 Å². The minimum Gasteiger partial charge on any atom is -0.497 e. The van der Waals surface area contributed by atoms with Crippen LogP contribution in [0.2, 0.25) is 5.02 Å². The topological polar surface area (TPSA) is 67.9 Å². The van der Waals surface area contributed by atoms with Gasteiger partial charge >= 0.3 is 0 Å². The molecule has 0 aliphatic carbocycles. The molecule has 3 rings (SSSR count). The first-order valence-electron chi connectivity index (χ1n) is 12.1. The molecule has 190 valence electrons. The van der Waals surface area contributed by atoms with Crippen LogP contribution in [0.5, 0.6) is 11.5 Å². The van der Waals surface area contributed by atoms with Gasteiger partial charge < -0.3 is 19.7 Å². The van der Waals surface area contributed by atoms with E-state index in [0.717, 1.165) is 24.0 Å². The summed E-state index contributed by atoms with van der Waals surface area (Å²) < 4.78 is 11.0. The van der Waals surface area contributed by atoms with Crippen molar-refractivity contribution in [1.82, 2.24) is 10.2 Å². The molecular formula is C29H33ClN2O4. The third-order valence-electron chi connectivity index (χ3n) is 5.82. The van der Waals surface area contributed by atoms with Crippen molar-refractivity contribution in [3.63, 3.8) is 0 Å². The first kappa shape index (κ1) is 27.1. The number of rotatable bonds is 13. The second-order valence-corrected chi connectivity index (χ2v) is 8.83. The minimum atomic E-state index is -0.729. The maximum Gasteiger partial charge on any atom is 0.261 e. The zero-order valence-corrected chi connectivity index (χ0v) is 21.5. The fourth-order valence-corrected chi connectivity index (χ4v) is 3.97. The molecule has 0 aromatic heterocycles. The van der Waals surface area contributed by atoms with Crippen LogP contribution >= 0.6 is 11.6 Å². The highest BCUT2D eigenvalue weighted by molar-refractivity contribution is 6.31. The molecule has 3 aromatic rings. The number of unbranched alkanes of at least 4 members (excludes halogenated alkanes) is 1. The number of nitrogens with zero attached hydrogens (tertiary/aromatic N) is 1. The molecule has 1 atom stereocenters. The number of carbonyl (C=O) groups is 2. The van der Waals surface area contributed by atoms with Gasteiger partial charge in [-0.1, -0.05) is 73.5 Å². The van der Waals surface area contributed by atoms with Crippen LogP contribution in [-0.2, 0) is 22.6 Å². The number of ether oxygens (including phenoxy) is 2. The fourth-order valence-electron chi connectivity index (χ4n) is 3.77. The molecule has 1 N–H and O–H groups in total. The van der Waals surface area contributed by atoms with Crippen LogP contribution in [0.4, 0.5) is 0 Å². The lowest BCUT2D eigenvalue weighted by atomic mass is 10.0. The van der Waals surface area contributed by atoms with Crippen LogP contribution in [0.25, 0.3) is 0 Å². The molecule has 0 unspecified atom stereocenters. The van der Waals surface area contributed by atoms with E-state index in [9.17, 15) is 9.59 Å². The highest BCUT2D eigenvalue weighted by Gasteiger charge is 2.31. The molecule has 3 aromatic carbocycles. The number of halogens is 1. The van der Waals surface area contributed by atoms with Crippen LogP contribution in [0.15, 0.2) is 78.9 Å². The monoisotopic (exact) mass is 508 g/mol. The smallest absolute Gasteiger partial charge is 0.261 e. The lowest BCUT2D eigenvalue weighted by Crippen LogP contribution is -2.51. The van der Waals surface area contributed by atoms with Gasteiger partial charge in [0.15, 0.2) is 6.61 Å². The molecule has 2 amide bonds. The van der Waals surface area contributed by atoms with E-state index >= 15 is 0 Å². The summed E-state index contributed by atoms with van der Waals surface area (Å²) in [5, 5.41) is 3.54. The maximum absolute atomic E-state index is 13.6. The summed E-state index contributed by atoms with van der Waals surface area (Å²) in [7, 11) is 1.59. The van der Waals surface area contributed by atoms with Crippen molar-refractivity contribution in [2.45, 2.75) is 38.8 Å². The van der Waals surface area contributed by atoms with Crippen LogP contribution in [0, 0.1) is 0 Å². The number of methoxy groups -OCH3 is 1. The van der Waals surface area contributed by atoms with Crippen molar-refractivity contribution in [3.05, 3.63) is 95.0 Å². The van der Waals surface area contributed by atoms with E-state index in [0.29, 0.717) is 29.5 Å². The zero-order valence-electron chi connectivity index (χ0n) is 20.8. The van der Waals surface area contributed by atoms with Crippen LogP contribution in [-0.4, -0.2) is 43.0 Å². The van der Waals surface area contributed by atoms with Gasteiger partial charge in [0.1, 0.15) is 17.5 Å². The van der Waals surface area contributed by atoms with Crippen molar-refractivity contribution in [1.29, 1.82) is 0 Å². The SMILES string of the molecule is CCCCNC(=O)[C@@H](Cc1ccccc1)N(Cc1ccccc1Cl)C(=O)COc1ccc(OC)cc1.